The molecule has 5 unspecified atom stereocenters. The van der Waals surface area contributed by atoms with Gasteiger partial charge in [-0.15, -0.1) is 0 Å². The van der Waals surface area contributed by atoms with Crippen LogP contribution in [0.25, 0.3) is 0 Å². The maximum atomic E-state index is 2.59. The van der Waals surface area contributed by atoms with Crippen LogP contribution in [0.15, 0.2) is 23.3 Å². The van der Waals surface area contributed by atoms with Gasteiger partial charge in [-0.25, -0.2) is 0 Å². The molecule has 0 saturated heterocycles. The number of allylic oxidation sites excluding steroid dienone is 4. The molecule has 4 aliphatic carbocycles. The average molecular weight is 200 g/mol. The van der Waals surface area contributed by atoms with E-state index in [0.29, 0.717) is 10.8 Å². The standard InChI is InChI=1S/C15H20/c1-8-7-15(4)12(8)9-5-10-11(6-9)14(2,3)13(10)15/h5-6,8-9,12-13H,7H2,1-4H3. The molecule has 0 heterocycles. The largest absolute Gasteiger partial charge is 0.0735 e. The first-order valence-corrected chi connectivity index (χ1v) is 6.40. The lowest BCUT2D eigenvalue weighted by atomic mass is 9.37. The summed E-state index contributed by atoms with van der Waals surface area (Å²) in [7, 11) is 0. The maximum absolute atomic E-state index is 2.59. The van der Waals surface area contributed by atoms with Gasteiger partial charge in [-0.05, 0) is 52.1 Å². The molecular weight excluding hydrogens is 180 g/mol. The zero-order valence-corrected chi connectivity index (χ0v) is 10.2. The first-order valence-electron chi connectivity index (χ1n) is 6.40. The molecular formula is C15H20. The lowest BCUT2D eigenvalue weighted by molar-refractivity contribution is -0.113. The van der Waals surface area contributed by atoms with Crippen molar-refractivity contribution < 1.29 is 0 Å². The first-order chi connectivity index (χ1) is 6.96. The molecule has 2 fully saturated rings. The predicted molar refractivity (Wildman–Crippen MR) is 62.3 cm³/mol. The van der Waals surface area contributed by atoms with Gasteiger partial charge in [-0.3, -0.25) is 0 Å². The van der Waals surface area contributed by atoms with Crippen molar-refractivity contribution in [1.29, 1.82) is 0 Å². The van der Waals surface area contributed by atoms with Crippen LogP contribution in [0.1, 0.15) is 34.1 Å². The third kappa shape index (κ3) is 0.645. The summed E-state index contributed by atoms with van der Waals surface area (Å²) in [4.78, 5) is 0. The molecule has 2 saturated carbocycles. The van der Waals surface area contributed by atoms with E-state index in [2.05, 4.69) is 39.8 Å². The molecule has 0 aromatic rings. The Bertz CT molecular complexity index is 423. The van der Waals surface area contributed by atoms with Gasteiger partial charge in [0.05, 0.1) is 0 Å². The van der Waals surface area contributed by atoms with Crippen molar-refractivity contribution in [2.45, 2.75) is 34.1 Å². The minimum Gasteiger partial charge on any atom is -0.0735 e. The van der Waals surface area contributed by atoms with Gasteiger partial charge < -0.3 is 0 Å². The Morgan fingerprint density at radius 2 is 1.93 bits per heavy atom. The molecule has 0 aromatic carbocycles. The smallest absolute Gasteiger partial charge is 0.000506 e. The van der Waals surface area contributed by atoms with Gasteiger partial charge in [0.25, 0.3) is 0 Å². The van der Waals surface area contributed by atoms with Crippen LogP contribution in [0.5, 0.6) is 0 Å². The molecule has 15 heavy (non-hydrogen) atoms. The summed E-state index contributed by atoms with van der Waals surface area (Å²) in [5, 5.41) is 0. The van der Waals surface area contributed by atoms with Gasteiger partial charge in [0.1, 0.15) is 0 Å². The summed E-state index contributed by atoms with van der Waals surface area (Å²) in [6.07, 6.45) is 6.64. The highest BCUT2D eigenvalue weighted by Gasteiger charge is 2.68. The van der Waals surface area contributed by atoms with Crippen LogP contribution < -0.4 is 0 Å². The topological polar surface area (TPSA) is 0 Å². The van der Waals surface area contributed by atoms with Crippen molar-refractivity contribution in [3.05, 3.63) is 23.3 Å². The van der Waals surface area contributed by atoms with Crippen molar-refractivity contribution in [3.8, 4) is 0 Å². The Morgan fingerprint density at radius 3 is 2.60 bits per heavy atom. The Labute approximate surface area is 92.4 Å². The second-order valence-electron chi connectivity index (χ2n) is 7.15. The molecule has 0 amide bonds. The molecule has 0 heteroatoms. The van der Waals surface area contributed by atoms with E-state index in [1.807, 2.05) is 0 Å². The monoisotopic (exact) mass is 200 g/mol. The second-order valence-corrected chi connectivity index (χ2v) is 7.15. The predicted octanol–water partition coefficient (Wildman–Crippen LogP) is 3.80. The second kappa shape index (κ2) is 1.99. The van der Waals surface area contributed by atoms with E-state index < -0.39 is 0 Å². The summed E-state index contributed by atoms with van der Waals surface area (Å²) in [6.45, 7) is 9.92. The van der Waals surface area contributed by atoms with Gasteiger partial charge >= 0.3 is 0 Å². The Balaban J connectivity index is 1.92. The van der Waals surface area contributed by atoms with Crippen molar-refractivity contribution >= 4 is 0 Å². The Kier molecular flexibility index (Phi) is 1.14. The minimum atomic E-state index is 0.476. The number of fused-ring (bicyclic) bond motifs is 4. The zero-order chi connectivity index (χ0) is 10.6. The van der Waals surface area contributed by atoms with Gasteiger partial charge in [0.15, 0.2) is 0 Å². The number of hydrogen-bond acceptors (Lipinski definition) is 0. The Morgan fingerprint density at radius 1 is 1.20 bits per heavy atom. The van der Waals surface area contributed by atoms with Crippen LogP contribution in [0.2, 0.25) is 0 Å². The molecule has 5 atom stereocenters. The summed E-state index contributed by atoms with van der Waals surface area (Å²) >= 11 is 0. The van der Waals surface area contributed by atoms with Crippen LogP contribution in [-0.4, -0.2) is 0 Å². The fourth-order valence-corrected chi connectivity index (χ4v) is 5.90. The van der Waals surface area contributed by atoms with E-state index >= 15 is 0 Å². The highest BCUT2D eigenvalue weighted by molar-refractivity contribution is 5.59. The van der Waals surface area contributed by atoms with E-state index in [0.717, 1.165) is 23.7 Å². The van der Waals surface area contributed by atoms with E-state index in [4.69, 9.17) is 0 Å². The van der Waals surface area contributed by atoms with Crippen molar-refractivity contribution in [2.75, 3.05) is 0 Å². The van der Waals surface area contributed by atoms with Gasteiger partial charge in [-0.2, -0.15) is 0 Å². The third-order valence-electron chi connectivity index (χ3n) is 5.98. The molecule has 0 aromatic heterocycles. The summed E-state index contributed by atoms with van der Waals surface area (Å²) < 4.78 is 0. The number of hydrogen-bond donors (Lipinski definition) is 0. The van der Waals surface area contributed by atoms with E-state index in [-0.39, 0.29) is 0 Å². The fraction of sp³-hybridized carbons (Fsp3) is 0.733. The normalized spacial score (nSPS) is 57.3. The summed E-state index contributed by atoms with van der Waals surface area (Å²) in [5.41, 5.74) is 4.54. The molecule has 0 spiro atoms. The highest BCUT2D eigenvalue weighted by Crippen LogP contribution is 2.76. The SMILES string of the molecule is CC1CC2(C)C1C1C=C3C(=C1)C(C)(C)C32. The van der Waals surface area contributed by atoms with Gasteiger partial charge in [0, 0.05) is 0 Å². The van der Waals surface area contributed by atoms with Crippen molar-refractivity contribution in [2.24, 2.45) is 34.5 Å². The van der Waals surface area contributed by atoms with Crippen LogP contribution in [0.4, 0.5) is 0 Å². The van der Waals surface area contributed by atoms with Crippen LogP contribution in [-0.2, 0) is 0 Å². The molecule has 4 rings (SSSR count). The lowest BCUT2D eigenvalue weighted by Gasteiger charge is -2.67. The van der Waals surface area contributed by atoms with Gasteiger partial charge in [-0.1, -0.05) is 39.8 Å². The van der Waals surface area contributed by atoms with Crippen molar-refractivity contribution in [3.63, 3.8) is 0 Å². The molecule has 2 bridgehead atoms. The zero-order valence-electron chi connectivity index (χ0n) is 10.2. The number of rotatable bonds is 0. The van der Waals surface area contributed by atoms with E-state index in [1.54, 1.807) is 11.1 Å². The molecule has 0 N–H and O–H groups in total. The quantitative estimate of drug-likeness (QED) is 0.558. The summed E-state index contributed by atoms with van der Waals surface area (Å²) in [5.74, 6) is 3.56. The molecule has 0 radical (unpaired) electrons. The lowest BCUT2D eigenvalue weighted by Crippen LogP contribution is -2.60. The van der Waals surface area contributed by atoms with Crippen LogP contribution in [0.3, 0.4) is 0 Å². The Hall–Kier alpha value is -0.520. The highest BCUT2D eigenvalue weighted by atomic mass is 14.7. The first kappa shape index (κ1) is 8.61. The maximum Gasteiger partial charge on any atom is -0.000506 e. The molecule has 80 valence electrons. The minimum absolute atomic E-state index is 0.476. The van der Waals surface area contributed by atoms with Crippen LogP contribution in [0, 0.1) is 34.5 Å². The van der Waals surface area contributed by atoms with Crippen molar-refractivity contribution in [1.82, 2.24) is 0 Å². The average Bonchev–Trinajstić information content (AvgIpc) is 2.39. The van der Waals surface area contributed by atoms with Gasteiger partial charge in [0.2, 0.25) is 0 Å². The van der Waals surface area contributed by atoms with E-state index in [1.165, 1.54) is 6.42 Å². The third-order valence-corrected chi connectivity index (χ3v) is 5.98. The fourth-order valence-electron chi connectivity index (χ4n) is 5.90. The molecule has 0 aliphatic heterocycles. The summed E-state index contributed by atoms with van der Waals surface area (Å²) in [6, 6.07) is 0. The van der Waals surface area contributed by atoms with Crippen LogP contribution >= 0.6 is 0 Å². The van der Waals surface area contributed by atoms with E-state index in [9.17, 15) is 0 Å². The molecule has 4 aliphatic rings. The molecule has 0 nitrogen and oxygen atoms in total.